The summed E-state index contributed by atoms with van der Waals surface area (Å²) < 4.78 is 10.8. The Labute approximate surface area is 157 Å². The maximum atomic E-state index is 8.11. The molecule has 1 unspecified atom stereocenters. The summed E-state index contributed by atoms with van der Waals surface area (Å²) in [6, 6.07) is 11.5. The Bertz CT molecular complexity index is 667. The fourth-order valence-electron chi connectivity index (χ4n) is 2.82. The molecule has 0 aromatic heterocycles. The molecule has 3 rings (SSSR count). The van der Waals surface area contributed by atoms with E-state index in [-0.39, 0.29) is 39.5 Å². The van der Waals surface area contributed by atoms with Gasteiger partial charge in [-0.25, -0.2) is 0 Å². The summed E-state index contributed by atoms with van der Waals surface area (Å²) >= 11 is 0. The first-order valence-electron chi connectivity index (χ1n) is 6.96. The van der Waals surface area contributed by atoms with Crippen LogP contribution in [0.3, 0.4) is 0 Å². The van der Waals surface area contributed by atoms with Gasteiger partial charge in [0.25, 0.3) is 0 Å². The summed E-state index contributed by atoms with van der Waals surface area (Å²) in [4.78, 5) is 0. The van der Waals surface area contributed by atoms with Crippen molar-refractivity contribution in [2.45, 2.75) is 12.5 Å². The van der Waals surface area contributed by atoms with Crippen molar-refractivity contribution in [3.8, 4) is 11.5 Å². The number of halogens is 1. The third-order valence-corrected chi connectivity index (χ3v) is 3.89. The molecule has 1 aliphatic rings. The van der Waals surface area contributed by atoms with E-state index < -0.39 is 0 Å². The number of rotatable bonds is 3. The molecule has 126 valence electrons. The van der Waals surface area contributed by atoms with Gasteiger partial charge in [-0.3, -0.25) is 0 Å². The van der Waals surface area contributed by atoms with Crippen molar-refractivity contribution >= 4 is 18.1 Å². The van der Waals surface area contributed by atoms with Crippen LogP contribution in [0.25, 0.3) is 11.1 Å². The molecule has 0 aliphatic carbocycles. The van der Waals surface area contributed by atoms with Crippen molar-refractivity contribution in [1.29, 1.82) is 0 Å². The summed E-state index contributed by atoms with van der Waals surface area (Å²) in [5.41, 5.74) is 11.9. The maximum absolute atomic E-state index is 8.11. The average molecular weight is 514 g/mol. The maximum Gasteiger partial charge on any atom is 2.00 e. The molecule has 23 heavy (non-hydrogen) atoms. The van der Waals surface area contributed by atoms with Gasteiger partial charge >= 0.3 is 21.1 Å². The van der Waals surface area contributed by atoms with Crippen LogP contribution in [0.2, 0.25) is 0 Å². The van der Waals surface area contributed by atoms with Gasteiger partial charge in [-0.05, 0) is 24.1 Å². The van der Waals surface area contributed by atoms with E-state index in [0.717, 1.165) is 29.8 Å². The van der Waals surface area contributed by atoms with Crippen LogP contribution in [-0.2, 0) is 27.5 Å². The van der Waals surface area contributed by atoms with Gasteiger partial charge in [-0.15, -0.1) is 24.6 Å². The third-order valence-electron chi connectivity index (χ3n) is 3.89. The summed E-state index contributed by atoms with van der Waals surface area (Å²) in [7, 11) is 3.28. The van der Waals surface area contributed by atoms with E-state index in [2.05, 4.69) is 0 Å². The molecule has 1 N–H and O–H groups in total. The molecule has 1 aliphatic heterocycles. The molecule has 0 amide bonds. The van der Waals surface area contributed by atoms with Crippen molar-refractivity contribution in [3.05, 3.63) is 64.1 Å². The average Bonchev–Trinajstić information content (AvgIpc) is 2.53. The molecule has 6 heteroatoms. The molecule has 0 bridgehead atoms. The quantitative estimate of drug-likeness (QED) is 0.590. The number of ether oxygens (including phenoxy) is 2. The van der Waals surface area contributed by atoms with E-state index in [0.29, 0.717) is 11.4 Å². The van der Waals surface area contributed by atoms with Gasteiger partial charge in [0, 0.05) is 0 Å². The van der Waals surface area contributed by atoms with Crippen LogP contribution in [0, 0.1) is 0 Å². The first-order valence-corrected chi connectivity index (χ1v) is 6.96. The minimum atomic E-state index is -0.0951. The van der Waals surface area contributed by atoms with Crippen LogP contribution in [-0.4, -0.2) is 20.8 Å². The van der Waals surface area contributed by atoms with Crippen molar-refractivity contribution < 1.29 is 30.5 Å². The molecule has 0 fully saturated rings. The van der Waals surface area contributed by atoms with Gasteiger partial charge in [0.15, 0.2) is 11.5 Å². The van der Waals surface area contributed by atoms with E-state index >= 15 is 0 Å². The normalized spacial score (nSPS) is 15.7. The van der Waals surface area contributed by atoms with Gasteiger partial charge < -0.3 is 20.5 Å². The summed E-state index contributed by atoms with van der Waals surface area (Å²) in [5.74, 6) is 1.46. The van der Waals surface area contributed by atoms with Crippen molar-refractivity contribution in [3.63, 3.8) is 0 Å². The van der Waals surface area contributed by atoms with E-state index in [1.54, 1.807) is 20.3 Å². The molecule has 1 atom stereocenters. The first kappa shape index (κ1) is 19.8. The predicted molar refractivity (Wildman–Crippen MR) is 91.0 cm³/mol. The Morgan fingerprint density at radius 3 is 2.35 bits per heavy atom. The van der Waals surface area contributed by atoms with Crippen molar-refractivity contribution in [2.24, 2.45) is 0 Å². The SMILES string of the molecule is COc1cc2c(cc1OC)C(c1ccccc1[NH-])[N-]CC2.Cl.[Pt+2]. The van der Waals surface area contributed by atoms with Gasteiger partial charge in [-0.1, -0.05) is 41.4 Å². The zero-order chi connectivity index (χ0) is 14.8. The number of fused-ring (bicyclic) bond motifs is 1. The van der Waals surface area contributed by atoms with Gasteiger partial charge in [-0.2, -0.15) is 0 Å². The Morgan fingerprint density at radius 1 is 1.04 bits per heavy atom. The van der Waals surface area contributed by atoms with Gasteiger partial charge in [0.1, 0.15) is 0 Å². The largest absolute Gasteiger partial charge is 2.00 e. The number of hydrogen-bond acceptors (Lipinski definition) is 2. The van der Waals surface area contributed by atoms with E-state index in [1.807, 2.05) is 30.3 Å². The second-order valence-corrected chi connectivity index (χ2v) is 5.05. The molecule has 4 nitrogen and oxygen atoms in total. The second kappa shape index (κ2) is 8.58. The number of nitrogens with zero attached hydrogens (tertiary/aromatic N) is 1. The number of hydrogen-bond donors (Lipinski definition) is 0. The van der Waals surface area contributed by atoms with Crippen LogP contribution in [0.1, 0.15) is 22.7 Å². The van der Waals surface area contributed by atoms with Gasteiger partial charge in [0.2, 0.25) is 0 Å². The number of benzene rings is 2. The van der Waals surface area contributed by atoms with Crippen molar-refractivity contribution in [1.82, 2.24) is 0 Å². The summed E-state index contributed by atoms with van der Waals surface area (Å²) in [6.07, 6.45) is 0.895. The minimum absolute atomic E-state index is 0. The van der Waals surface area contributed by atoms with Crippen molar-refractivity contribution in [2.75, 3.05) is 20.8 Å². The second-order valence-electron chi connectivity index (χ2n) is 5.05. The fraction of sp³-hybridized carbons (Fsp3) is 0.294. The first-order chi connectivity index (χ1) is 10.2. The van der Waals surface area contributed by atoms with E-state index in [4.69, 9.17) is 20.5 Å². The third kappa shape index (κ3) is 3.82. The Hall–Kier alpha value is -1.22. The minimum Gasteiger partial charge on any atom is -0.699 e. The molecule has 2 aromatic rings. The summed E-state index contributed by atoms with van der Waals surface area (Å²) in [5, 5.41) is 4.72. The molecule has 0 radical (unpaired) electrons. The smallest absolute Gasteiger partial charge is 0.699 e. The molecular formula is C17H19ClN2O2Pt. The zero-order valence-corrected chi connectivity index (χ0v) is 16.0. The van der Waals surface area contributed by atoms with Crippen LogP contribution in [0.5, 0.6) is 11.5 Å². The molecule has 2 aromatic carbocycles. The monoisotopic (exact) mass is 513 g/mol. The van der Waals surface area contributed by atoms with Crippen LogP contribution in [0.15, 0.2) is 36.4 Å². The molecular weight excluding hydrogens is 495 g/mol. The number of methoxy groups -OCH3 is 2. The van der Waals surface area contributed by atoms with Crippen LogP contribution < -0.4 is 9.47 Å². The van der Waals surface area contributed by atoms with E-state index in [1.165, 1.54) is 5.56 Å². The Kier molecular flexibility index (Phi) is 7.40. The fourth-order valence-corrected chi connectivity index (χ4v) is 2.82. The van der Waals surface area contributed by atoms with Crippen LogP contribution in [0.4, 0.5) is 5.69 Å². The standard InChI is InChI=1S/C17H18N2O2.ClH.Pt/c1-20-15-9-11-7-8-19-17(13(11)10-16(15)21-2)12-5-3-4-6-14(12)18;;/h3-6,9-10,17-18H,7-8H2,1-2H3;1H;/q-2;;+2. The van der Waals surface area contributed by atoms with Gasteiger partial charge in [0.05, 0.1) is 14.2 Å². The molecule has 1 heterocycles. The molecule has 0 spiro atoms. The zero-order valence-electron chi connectivity index (χ0n) is 12.9. The summed E-state index contributed by atoms with van der Waals surface area (Å²) in [6.45, 7) is 0.765. The molecule has 0 saturated carbocycles. The predicted octanol–water partition coefficient (Wildman–Crippen LogP) is 4.83. The van der Waals surface area contributed by atoms with E-state index in [9.17, 15) is 0 Å². The number of nitrogens with one attached hydrogen (secondary N) is 1. The van der Waals surface area contributed by atoms with Crippen LogP contribution >= 0.6 is 12.4 Å². The molecule has 0 saturated heterocycles. The Balaban J connectivity index is 0.00000132. The topological polar surface area (TPSA) is 56.4 Å². The Morgan fingerprint density at radius 2 is 1.70 bits per heavy atom.